The average molecular weight is 1030 g/mol. The van der Waals surface area contributed by atoms with E-state index in [1.165, 1.54) is 7.11 Å². The molecule has 76 heavy (non-hydrogen) atoms. The van der Waals surface area contributed by atoms with Crippen molar-refractivity contribution in [3.63, 3.8) is 0 Å². The smallest absolute Gasteiger partial charge is 0.329 e. The number of piperazine rings is 1. The predicted octanol–water partition coefficient (Wildman–Crippen LogP) is 6.21. The highest BCUT2D eigenvalue weighted by Gasteiger charge is 2.76. The van der Waals surface area contributed by atoms with Gasteiger partial charge in [-0.25, -0.2) is 24.5 Å². The number of aliphatic hydroxyl groups excluding tert-OH is 1. The summed E-state index contributed by atoms with van der Waals surface area (Å²) in [5.41, 5.74) is -0.995. The molecule has 0 radical (unpaired) electrons. The van der Waals surface area contributed by atoms with Crippen LogP contribution in [0.3, 0.4) is 0 Å². The molecule has 0 bridgehead atoms. The Balaban J connectivity index is 1.26. The van der Waals surface area contributed by atoms with Crippen LogP contribution >= 0.6 is 0 Å². The number of morpholine rings is 1. The third-order valence-corrected chi connectivity index (χ3v) is 15.7. The van der Waals surface area contributed by atoms with E-state index in [2.05, 4.69) is 27.1 Å². The van der Waals surface area contributed by atoms with E-state index >= 15 is 19.2 Å². The Hall–Kier alpha value is -7.65. The van der Waals surface area contributed by atoms with Crippen LogP contribution in [0.15, 0.2) is 122 Å². The summed E-state index contributed by atoms with van der Waals surface area (Å²) < 4.78 is 18.2. The first-order valence-electron chi connectivity index (χ1n) is 26.2. The Morgan fingerprint density at radius 3 is 2.14 bits per heavy atom. The number of nitrogens with one attached hydrogen (secondary N) is 1. The molecule has 0 unspecified atom stereocenters. The van der Waals surface area contributed by atoms with Crippen LogP contribution in [0.5, 0.6) is 5.75 Å². The number of hydrogen-bond donors (Lipinski definition) is 3. The van der Waals surface area contributed by atoms with Gasteiger partial charge in [-0.1, -0.05) is 117 Å². The predicted molar refractivity (Wildman–Crippen MR) is 280 cm³/mol. The minimum absolute atomic E-state index is 0.0975. The number of cyclic esters (lactones) is 1. The lowest BCUT2D eigenvalue weighted by Gasteiger charge is -2.46. The number of anilines is 2. The molecule has 4 amide bonds. The second-order valence-corrected chi connectivity index (χ2v) is 20.5. The summed E-state index contributed by atoms with van der Waals surface area (Å²) in [5.74, 6) is 2.21. The second-order valence-electron chi connectivity index (χ2n) is 20.5. The van der Waals surface area contributed by atoms with Crippen molar-refractivity contribution in [3.8, 4) is 17.6 Å². The number of aliphatic hydroxyl groups is 2. The molecule has 4 aromatic carbocycles. The maximum atomic E-state index is 17.0. The number of nitrogens with zero attached hydrogens (tertiary/aromatic N) is 6. The number of aromatic nitrogens is 2. The Bertz CT molecular complexity index is 3010. The number of esters is 2. The summed E-state index contributed by atoms with van der Waals surface area (Å²) in [7, 11) is 1.22. The Morgan fingerprint density at radius 2 is 1.49 bits per heavy atom. The minimum atomic E-state index is -2.18. The van der Waals surface area contributed by atoms with Gasteiger partial charge in [0, 0.05) is 49.7 Å². The van der Waals surface area contributed by atoms with Crippen molar-refractivity contribution in [1.82, 2.24) is 25.1 Å². The van der Waals surface area contributed by atoms with Gasteiger partial charge in [-0.15, -0.1) is 0 Å². The molecule has 17 heteroatoms. The van der Waals surface area contributed by atoms with Crippen molar-refractivity contribution in [2.75, 3.05) is 56.3 Å². The molecule has 5 heterocycles. The topological polar surface area (TPSA) is 204 Å². The summed E-state index contributed by atoms with van der Waals surface area (Å²) in [4.78, 5) is 93.5. The number of carbonyl (C=O) groups excluding carboxylic acids is 5. The van der Waals surface area contributed by atoms with E-state index in [9.17, 15) is 15.0 Å². The molecule has 1 spiro atoms. The monoisotopic (exact) mass is 1030 g/mol. The molecule has 4 aliphatic heterocycles. The van der Waals surface area contributed by atoms with E-state index in [1.807, 2.05) is 70.5 Å². The van der Waals surface area contributed by atoms with Gasteiger partial charge in [0.1, 0.15) is 41.6 Å². The van der Waals surface area contributed by atoms with Gasteiger partial charge in [0.2, 0.25) is 17.8 Å². The fourth-order valence-corrected chi connectivity index (χ4v) is 12.2. The quantitative estimate of drug-likeness (QED) is 0.0766. The van der Waals surface area contributed by atoms with E-state index in [-0.39, 0.29) is 43.3 Å². The highest BCUT2D eigenvalue weighted by molar-refractivity contribution is 6.25. The first kappa shape index (κ1) is 51.8. The molecule has 5 aliphatic rings. The molecule has 3 saturated heterocycles. The lowest BCUT2D eigenvalue weighted by molar-refractivity contribution is -0.179. The van der Waals surface area contributed by atoms with Crippen molar-refractivity contribution >= 4 is 41.4 Å². The van der Waals surface area contributed by atoms with Crippen molar-refractivity contribution in [1.29, 1.82) is 0 Å². The number of imide groups is 1. The van der Waals surface area contributed by atoms with Crippen LogP contribution in [0.25, 0.3) is 0 Å². The number of para-hydroxylation sites is 1. The molecule has 10 rings (SSSR count). The SMILES string of the molecule is COC(=O)[C@@H](NC(=O)N1C(=O)[C@@]2(c3cc(C#CC4(O)CCCCCC4)ccc31)[C@H](c1ccccc1OCCO)N1[C@H](c3ccccc3)[C@H](c3ccccc3)OC(=O)[C@H]1[C@@H]2C(=O)N1CCN(c2ncccn2)CC1)C(C)C. The zero-order valence-corrected chi connectivity index (χ0v) is 42.9. The molecule has 4 fully saturated rings. The van der Waals surface area contributed by atoms with Gasteiger partial charge >= 0.3 is 18.0 Å². The van der Waals surface area contributed by atoms with Crippen LogP contribution in [-0.4, -0.2) is 124 Å². The molecule has 1 aromatic heterocycles. The molecule has 3 N–H and O–H groups in total. The number of fused-ring (bicyclic) bond motifs is 3. The summed E-state index contributed by atoms with van der Waals surface area (Å²) in [5, 5.41) is 24.9. The Labute approximate surface area is 442 Å². The van der Waals surface area contributed by atoms with E-state index in [1.54, 1.807) is 79.7 Å². The van der Waals surface area contributed by atoms with Crippen LogP contribution < -0.4 is 19.9 Å². The van der Waals surface area contributed by atoms with Gasteiger partial charge < -0.3 is 39.5 Å². The minimum Gasteiger partial charge on any atom is -0.491 e. The fourth-order valence-electron chi connectivity index (χ4n) is 12.2. The van der Waals surface area contributed by atoms with Crippen molar-refractivity contribution < 1.29 is 48.4 Å². The number of amides is 4. The zero-order chi connectivity index (χ0) is 53.1. The summed E-state index contributed by atoms with van der Waals surface area (Å²) >= 11 is 0. The number of rotatable bonds is 11. The van der Waals surface area contributed by atoms with Gasteiger partial charge in [-0.3, -0.25) is 19.3 Å². The van der Waals surface area contributed by atoms with Crippen molar-refractivity contribution in [3.05, 3.63) is 149 Å². The molecule has 17 nitrogen and oxygen atoms in total. The first-order chi connectivity index (χ1) is 36.9. The van der Waals surface area contributed by atoms with Gasteiger partial charge in [-0.2, -0.15) is 0 Å². The van der Waals surface area contributed by atoms with Gasteiger partial charge in [0.15, 0.2) is 0 Å². The Morgan fingerprint density at radius 1 is 0.829 bits per heavy atom. The van der Waals surface area contributed by atoms with E-state index < -0.39 is 82.9 Å². The number of hydrogen-bond acceptors (Lipinski definition) is 14. The lowest BCUT2D eigenvalue weighted by atomic mass is 9.64. The molecular weight excluding hydrogens is 967 g/mol. The van der Waals surface area contributed by atoms with E-state index in [0.29, 0.717) is 54.1 Å². The van der Waals surface area contributed by atoms with E-state index in [0.717, 1.165) is 30.6 Å². The van der Waals surface area contributed by atoms with Crippen LogP contribution in [0.1, 0.15) is 98.4 Å². The molecule has 5 aromatic rings. The number of ether oxygens (including phenoxy) is 3. The van der Waals surface area contributed by atoms with Crippen LogP contribution in [0.4, 0.5) is 16.4 Å². The number of methoxy groups -OCH3 is 1. The highest BCUT2D eigenvalue weighted by atomic mass is 16.6. The largest absolute Gasteiger partial charge is 0.491 e. The maximum absolute atomic E-state index is 17.0. The lowest BCUT2D eigenvalue weighted by Crippen LogP contribution is -2.60. The van der Waals surface area contributed by atoms with Crippen molar-refractivity contribution in [2.45, 2.75) is 93.7 Å². The molecular formula is C59H63N7O10. The molecule has 1 saturated carbocycles. The molecule has 394 valence electrons. The molecule has 7 atom stereocenters. The van der Waals surface area contributed by atoms with Gasteiger partial charge in [-0.05, 0) is 78.6 Å². The second kappa shape index (κ2) is 21.9. The Kier molecular flexibility index (Phi) is 14.9. The molecule has 1 aliphatic carbocycles. The highest BCUT2D eigenvalue weighted by Crippen LogP contribution is 2.67. The number of carbonyl (C=O) groups is 5. The van der Waals surface area contributed by atoms with Gasteiger partial charge in [0.25, 0.3) is 0 Å². The van der Waals surface area contributed by atoms with E-state index in [4.69, 9.17) is 14.2 Å². The summed E-state index contributed by atoms with van der Waals surface area (Å²) in [6.07, 6.45) is 6.82. The normalized spacial score (nSPS) is 24.4. The van der Waals surface area contributed by atoms with Crippen LogP contribution in [0.2, 0.25) is 0 Å². The summed E-state index contributed by atoms with van der Waals surface area (Å²) in [6.45, 7) is 3.95. The van der Waals surface area contributed by atoms with Crippen LogP contribution in [-0.2, 0) is 34.1 Å². The van der Waals surface area contributed by atoms with Crippen molar-refractivity contribution in [2.24, 2.45) is 11.8 Å². The number of urea groups is 1. The number of benzene rings is 4. The third kappa shape index (κ3) is 9.43. The maximum Gasteiger partial charge on any atom is 0.329 e. The summed E-state index contributed by atoms with van der Waals surface area (Å²) in [6, 6.07) is 26.7. The first-order valence-corrected chi connectivity index (χ1v) is 26.2. The van der Waals surface area contributed by atoms with Gasteiger partial charge in [0.05, 0.1) is 37.4 Å². The zero-order valence-electron chi connectivity index (χ0n) is 42.9. The third-order valence-electron chi connectivity index (χ3n) is 15.7. The standard InChI is InChI=1S/C59H63N7O10/c1-38(2)47(53(69)74-3)62-57(72)65-44-24-23-39(25-28-58(73)26-14-4-5-15-27-58)37-43(44)59(55(65)71)46(52(68)63-31-33-64(34-32-63)56-60-29-16-30-61-56)49-54(70)76-50(41-19-10-7-11-20-41)48(40-17-8-6-9-18-40)66(49)51(59)42-21-12-13-22-45(42)75-36-35-67/h6-13,16-24,29-30,37-38,46-51,67,73H,4-5,14-15,26-27,31-36H2,1-3H3,(H,62,72)/t46-,47+,48-,49-,50+,51+,59-/m1/s1. The average Bonchev–Trinajstić information content (AvgIpc) is 3.81. The fraction of sp³-hybridized carbons (Fsp3) is 0.407. The van der Waals surface area contributed by atoms with Crippen LogP contribution in [0, 0.1) is 23.7 Å².